The molecule has 0 aliphatic heterocycles. The number of aliphatic hydroxyl groups is 1. The van der Waals surface area contributed by atoms with Crippen LogP contribution in [-0.4, -0.2) is 29.9 Å². The largest absolute Gasteiger partial charge is 0.496 e. The van der Waals surface area contributed by atoms with E-state index in [1.165, 1.54) is 0 Å². The molecule has 4 nitrogen and oxygen atoms in total. The molecule has 1 aromatic carbocycles. The monoisotopic (exact) mass is 236 g/mol. The van der Waals surface area contributed by atoms with Crippen LogP contribution >= 0.6 is 0 Å². The van der Waals surface area contributed by atoms with E-state index in [9.17, 15) is 4.79 Å². The molecule has 0 radical (unpaired) electrons. The second kappa shape index (κ2) is 6.70. The molecule has 0 amide bonds. The quantitative estimate of drug-likeness (QED) is 0.789. The van der Waals surface area contributed by atoms with E-state index in [2.05, 4.69) is 0 Å². The van der Waals surface area contributed by atoms with Crippen molar-refractivity contribution in [3.8, 4) is 5.75 Å². The Morgan fingerprint density at radius 3 is 2.82 bits per heavy atom. The molecule has 92 valence electrons. The van der Waals surface area contributed by atoms with Gasteiger partial charge in [-0.05, 0) is 24.1 Å². The topological polar surface area (TPSA) is 66.8 Å². The van der Waals surface area contributed by atoms with Gasteiger partial charge in [-0.3, -0.25) is 4.79 Å². The van der Waals surface area contributed by atoms with Crippen molar-refractivity contribution in [3.05, 3.63) is 35.4 Å². The molecule has 0 unspecified atom stereocenters. The van der Waals surface area contributed by atoms with Gasteiger partial charge in [0.05, 0.1) is 13.5 Å². The van der Waals surface area contributed by atoms with Crippen molar-refractivity contribution in [2.24, 2.45) is 0 Å². The average molecular weight is 236 g/mol. The fourth-order valence-corrected chi connectivity index (χ4v) is 1.48. The summed E-state index contributed by atoms with van der Waals surface area (Å²) in [6.07, 6.45) is 4.19. The van der Waals surface area contributed by atoms with Gasteiger partial charge in [0.2, 0.25) is 0 Å². The Morgan fingerprint density at radius 1 is 1.47 bits per heavy atom. The molecule has 0 aliphatic carbocycles. The lowest BCUT2D eigenvalue weighted by atomic mass is 10.1. The van der Waals surface area contributed by atoms with Gasteiger partial charge in [0.15, 0.2) is 0 Å². The van der Waals surface area contributed by atoms with Crippen LogP contribution in [0.25, 0.3) is 6.08 Å². The fraction of sp³-hybridized carbons (Fsp3) is 0.308. The Hall–Kier alpha value is -1.81. The number of hydrogen-bond donors (Lipinski definition) is 2. The zero-order valence-electron chi connectivity index (χ0n) is 9.72. The summed E-state index contributed by atoms with van der Waals surface area (Å²) >= 11 is 0. The maximum Gasteiger partial charge on any atom is 0.307 e. The molecule has 0 heterocycles. The van der Waals surface area contributed by atoms with E-state index in [1.54, 1.807) is 25.3 Å². The zero-order valence-corrected chi connectivity index (χ0v) is 9.72. The smallest absolute Gasteiger partial charge is 0.307 e. The Morgan fingerprint density at radius 2 is 2.24 bits per heavy atom. The second-order valence-corrected chi connectivity index (χ2v) is 3.56. The van der Waals surface area contributed by atoms with E-state index in [1.807, 2.05) is 12.2 Å². The summed E-state index contributed by atoms with van der Waals surface area (Å²) in [5, 5.41) is 17.4. The molecular weight excluding hydrogens is 220 g/mol. The third-order valence-corrected chi connectivity index (χ3v) is 2.24. The normalized spacial score (nSPS) is 10.7. The standard InChI is InChI=1S/C13H16O4/c1-17-12-6-5-10(9-13(15)16)8-11(12)4-2-3-7-14/h2,4-6,8,14H,3,7,9H2,1H3,(H,15,16). The second-order valence-electron chi connectivity index (χ2n) is 3.56. The van der Waals surface area contributed by atoms with Gasteiger partial charge < -0.3 is 14.9 Å². The molecular formula is C13H16O4. The first-order chi connectivity index (χ1) is 8.17. The van der Waals surface area contributed by atoms with Crippen LogP contribution < -0.4 is 4.74 Å². The Bertz CT molecular complexity index is 410. The number of methoxy groups -OCH3 is 1. The number of carboxylic acids is 1. The first-order valence-corrected chi connectivity index (χ1v) is 5.33. The fourth-order valence-electron chi connectivity index (χ4n) is 1.48. The highest BCUT2D eigenvalue weighted by Crippen LogP contribution is 2.21. The van der Waals surface area contributed by atoms with E-state index in [-0.39, 0.29) is 13.0 Å². The van der Waals surface area contributed by atoms with Crippen molar-refractivity contribution >= 4 is 12.0 Å². The van der Waals surface area contributed by atoms with E-state index >= 15 is 0 Å². The molecule has 0 aliphatic rings. The van der Waals surface area contributed by atoms with Crippen molar-refractivity contribution in [2.75, 3.05) is 13.7 Å². The van der Waals surface area contributed by atoms with Crippen molar-refractivity contribution in [1.82, 2.24) is 0 Å². The van der Waals surface area contributed by atoms with Gasteiger partial charge in [-0.1, -0.05) is 18.2 Å². The molecule has 1 aromatic rings. The van der Waals surface area contributed by atoms with Gasteiger partial charge in [-0.25, -0.2) is 0 Å². The zero-order chi connectivity index (χ0) is 12.7. The highest BCUT2D eigenvalue weighted by atomic mass is 16.5. The van der Waals surface area contributed by atoms with Crippen LogP contribution in [0, 0.1) is 0 Å². The van der Waals surface area contributed by atoms with Crippen LogP contribution in [0.15, 0.2) is 24.3 Å². The molecule has 2 N–H and O–H groups in total. The summed E-state index contributed by atoms with van der Waals surface area (Å²) in [6.45, 7) is 0.0909. The minimum Gasteiger partial charge on any atom is -0.496 e. The lowest BCUT2D eigenvalue weighted by molar-refractivity contribution is -0.136. The predicted molar refractivity (Wildman–Crippen MR) is 65.1 cm³/mol. The van der Waals surface area contributed by atoms with Crippen LogP contribution in [0.2, 0.25) is 0 Å². The number of ether oxygens (including phenoxy) is 1. The number of aliphatic carboxylic acids is 1. The number of rotatable bonds is 6. The Labute approximate surface area is 100 Å². The minimum absolute atomic E-state index is 0.00909. The maximum absolute atomic E-state index is 10.6. The molecule has 17 heavy (non-hydrogen) atoms. The summed E-state index contributed by atoms with van der Waals surface area (Å²) in [5.74, 6) is -0.172. The van der Waals surface area contributed by atoms with Crippen LogP contribution in [0.4, 0.5) is 0 Å². The summed E-state index contributed by atoms with van der Waals surface area (Å²) in [4.78, 5) is 10.6. The molecule has 0 fully saturated rings. The van der Waals surface area contributed by atoms with E-state index < -0.39 is 5.97 Å². The van der Waals surface area contributed by atoms with E-state index in [4.69, 9.17) is 14.9 Å². The number of aliphatic hydroxyl groups excluding tert-OH is 1. The highest BCUT2D eigenvalue weighted by molar-refractivity contribution is 5.71. The lowest BCUT2D eigenvalue weighted by Crippen LogP contribution is -2.00. The molecule has 1 rings (SSSR count). The van der Waals surface area contributed by atoms with Gasteiger partial charge in [0.1, 0.15) is 5.75 Å². The number of benzene rings is 1. The Balaban J connectivity index is 2.93. The minimum atomic E-state index is -0.861. The van der Waals surface area contributed by atoms with Gasteiger partial charge in [-0.15, -0.1) is 0 Å². The maximum atomic E-state index is 10.6. The van der Waals surface area contributed by atoms with Crippen LogP contribution in [0.5, 0.6) is 5.75 Å². The first kappa shape index (κ1) is 13.3. The average Bonchev–Trinajstić information content (AvgIpc) is 2.29. The molecule has 0 aromatic heterocycles. The van der Waals surface area contributed by atoms with Crippen LogP contribution in [0.1, 0.15) is 17.5 Å². The Kier molecular flexibility index (Phi) is 5.23. The first-order valence-electron chi connectivity index (χ1n) is 5.33. The molecule has 0 saturated heterocycles. The number of carbonyl (C=O) groups is 1. The van der Waals surface area contributed by atoms with Gasteiger partial charge in [-0.2, -0.15) is 0 Å². The highest BCUT2D eigenvalue weighted by Gasteiger charge is 2.04. The third kappa shape index (κ3) is 4.28. The van der Waals surface area contributed by atoms with Crippen molar-refractivity contribution in [3.63, 3.8) is 0 Å². The molecule has 0 atom stereocenters. The van der Waals surface area contributed by atoms with Crippen molar-refractivity contribution < 1.29 is 19.7 Å². The number of carboxylic acid groups (broad SMARTS) is 1. The van der Waals surface area contributed by atoms with Gasteiger partial charge in [0, 0.05) is 12.2 Å². The van der Waals surface area contributed by atoms with Crippen molar-refractivity contribution in [1.29, 1.82) is 0 Å². The summed E-state index contributed by atoms with van der Waals surface area (Å²) in [5.41, 5.74) is 1.54. The third-order valence-electron chi connectivity index (χ3n) is 2.24. The molecule has 0 spiro atoms. The summed E-state index contributed by atoms with van der Waals surface area (Å²) in [7, 11) is 1.57. The SMILES string of the molecule is COc1ccc(CC(=O)O)cc1C=CCCO. The van der Waals surface area contributed by atoms with Crippen LogP contribution in [-0.2, 0) is 11.2 Å². The summed E-state index contributed by atoms with van der Waals surface area (Å²) < 4.78 is 5.17. The molecule has 4 heteroatoms. The van der Waals surface area contributed by atoms with Crippen molar-refractivity contribution in [2.45, 2.75) is 12.8 Å². The van der Waals surface area contributed by atoms with E-state index in [0.29, 0.717) is 12.2 Å². The molecule has 0 bridgehead atoms. The summed E-state index contributed by atoms with van der Waals surface area (Å²) in [6, 6.07) is 5.26. The number of hydrogen-bond acceptors (Lipinski definition) is 3. The predicted octanol–water partition coefficient (Wildman–Crippen LogP) is 1.72. The van der Waals surface area contributed by atoms with Gasteiger partial charge in [0.25, 0.3) is 0 Å². The lowest BCUT2D eigenvalue weighted by Gasteiger charge is -2.06. The van der Waals surface area contributed by atoms with E-state index in [0.717, 1.165) is 11.1 Å². The van der Waals surface area contributed by atoms with Crippen LogP contribution in [0.3, 0.4) is 0 Å². The molecule has 0 saturated carbocycles. The van der Waals surface area contributed by atoms with Gasteiger partial charge >= 0.3 is 5.97 Å².